The smallest absolute Gasteiger partial charge is 0.123 e. The van der Waals surface area contributed by atoms with Gasteiger partial charge in [0, 0.05) is 31.2 Å². The van der Waals surface area contributed by atoms with E-state index in [9.17, 15) is 4.39 Å². The number of piperazine rings is 1. The number of hydrogen-bond donors (Lipinski definition) is 1. The van der Waals surface area contributed by atoms with Crippen molar-refractivity contribution in [3.8, 4) is 0 Å². The highest BCUT2D eigenvalue weighted by Crippen LogP contribution is 2.24. The topological polar surface area (TPSA) is 15.3 Å². The summed E-state index contributed by atoms with van der Waals surface area (Å²) in [6, 6.07) is 7.51. The quantitative estimate of drug-likeness (QED) is 0.908. The fourth-order valence-corrected chi connectivity index (χ4v) is 3.07. The molecule has 0 saturated carbocycles. The minimum Gasteiger partial charge on any atom is -0.309 e. The Morgan fingerprint density at radius 2 is 2.20 bits per heavy atom. The van der Waals surface area contributed by atoms with Gasteiger partial charge in [0.2, 0.25) is 0 Å². The van der Waals surface area contributed by atoms with Gasteiger partial charge in [0.25, 0.3) is 0 Å². The van der Waals surface area contributed by atoms with Crippen molar-refractivity contribution in [2.45, 2.75) is 52.2 Å². The molecule has 0 radical (unpaired) electrons. The molecule has 0 aliphatic carbocycles. The van der Waals surface area contributed by atoms with Gasteiger partial charge in [-0.1, -0.05) is 32.4 Å². The summed E-state index contributed by atoms with van der Waals surface area (Å²) in [6.07, 6.45) is 1.17. The summed E-state index contributed by atoms with van der Waals surface area (Å²) in [4.78, 5) is 2.51. The first-order valence-electron chi connectivity index (χ1n) is 7.65. The van der Waals surface area contributed by atoms with E-state index in [-0.39, 0.29) is 11.4 Å². The average Bonchev–Trinajstić information content (AvgIpc) is 2.37. The third kappa shape index (κ3) is 3.80. The molecule has 20 heavy (non-hydrogen) atoms. The van der Waals surface area contributed by atoms with Crippen LogP contribution < -0.4 is 5.32 Å². The summed E-state index contributed by atoms with van der Waals surface area (Å²) in [5.74, 6) is 0.504. The Kier molecular flexibility index (Phi) is 4.82. The monoisotopic (exact) mass is 278 g/mol. The Morgan fingerprint density at radius 1 is 1.45 bits per heavy atom. The molecule has 0 aromatic heterocycles. The maximum Gasteiger partial charge on any atom is 0.123 e. The van der Waals surface area contributed by atoms with Crippen LogP contribution in [0.2, 0.25) is 0 Å². The third-order valence-corrected chi connectivity index (χ3v) is 4.43. The van der Waals surface area contributed by atoms with Gasteiger partial charge in [-0.05, 0) is 37.5 Å². The van der Waals surface area contributed by atoms with E-state index in [4.69, 9.17) is 0 Å². The molecular formula is C17H27FN2. The van der Waals surface area contributed by atoms with Crippen molar-refractivity contribution in [3.63, 3.8) is 0 Å². The van der Waals surface area contributed by atoms with Crippen molar-refractivity contribution >= 4 is 0 Å². The summed E-state index contributed by atoms with van der Waals surface area (Å²) >= 11 is 0. The molecule has 0 amide bonds. The van der Waals surface area contributed by atoms with Crippen molar-refractivity contribution in [2.24, 2.45) is 5.92 Å². The van der Waals surface area contributed by atoms with Crippen LogP contribution in [-0.4, -0.2) is 29.6 Å². The van der Waals surface area contributed by atoms with Crippen LogP contribution in [0.5, 0.6) is 0 Å². The fourth-order valence-electron chi connectivity index (χ4n) is 3.07. The van der Waals surface area contributed by atoms with Crippen molar-refractivity contribution < 1.29 is 4.39 Å². The highest BCUT2D eigenvalue weighted by molar-refractivity contribution is 5.16. The zero-order chi connectivity index (χ0) is 14.8. The molecule has 0 bridgehead atoms. The number of nitrogens with zero attached hydrogens (tertiary/aromatic N) is 1. The van der Waals surface area contributed by atoms with E-state index in [2.05, 4.69) is 37.9 Å². The first-order valence-corrected chi connectivity index (χ1v) is 7.65. The van der Waals surface area contributed by atoms with E-state index in [1.54, 1.807) is 12.1 Å². The fraction of sp³-hybridized carbons (Fsp3) is 0.647. The van der Waals surface area contributed by atoms with Gasteiger partial charge in [0.05, 0.1) is 0 Å². The molecule has 2 atom stereocenters. The minimum atomic E-state index is -0.142. The van der Waals surface area contributed by atoms with Crippen LogP contribution in [0.4, 0.5) is 4.39 Å². The second-order valence-electron chi connectivity index (χ2n) is 6.75. The lowest BCUT2D eigenvalue weighted by Gasteiger charge is -2.46. The van der Waals surface area contributed by atoms with Gasteiger partial charge in [-0.25, -0.2) is 4.39 Å². The lowest BCUT2D eigenvalue weighted by Crippen LogP contribution is -2.62. The van der Waals surface area contributed by atoms with Gasteiger partial charge in [0.15, 0.2) is 0 Å². The van der Waals surface area contributed by atoms with Gasteiger partial charge in [-0.15, -0.1) is 0 Å². The molecule has 1 N–H and O–H groups in total. The number of hydrogen-bond acceptors (Lipinski definition) is 2. The van der Waals surface area contributed by atoms with E-state index in [0.29, 0.717) is 12.0 Å². The molecule has 1 aliphatic rings. The maximum absolute atomic E-state index is 13.4. The molecule has 1 aliphatic heterocycles. The number of rotatable bonds is 4. The van der Waals surface area contributed by atoms with Crippen molar-refractivity contribution in [1.82, 2.24) is 10.2 Å². The van der Waals surface area contributed by atoms with Gasteiger partial charge in [-0.3, -0.25) is 4.90 Å². The first kappa shape index (κ1) is 15.5. The Bertz CT molecular complexity index is 444. The zero-order valence-electron chi connectivity index (χ0n) is 13.1. The van der Waals surface area contributed by atoms with Crippen LogP contribution in [-0.2, 0) is 6.54 Å². The second-order valence-corrected chi connectivity index (χ2v) is 6.75. The van der Waals surface area contributed by atoms with E-state index in [0.717, 1.165) is 25.2 Å². The normalized spacial score (nSPS) is 24.6. The predicted molar refractivity (Wildman–Crippen MR) is 82.1 cm³/mol. The lowest BCUT2D eigenvalue weighted by atomic mass is 9.90. The molecule has 0 spiro atoms. The third-order valence-electron chi connectivity index (χ3n) is 4.43. The van der Waals surface area contributed by atoms with E-state index in [1.165, 1.54) is 12.5 Å². The lowest BCUT2D eigenvalue weighted by molar-refractivity contribution is 0.0571. The van der Waals surface area contributed by atoms with Crippen LogP contribution in [0, 0.1) is 11.7 Å². The number of halogens is 1. The van der Waals surface area contributed by atoms with Gasteiger partial charge >= 0.3 is 0 Å². The molecule has 2 unspecified atom stereocenters. The summed E-state index contributed by atoms with van der Waals surface area (Å²) in [5, 5.41) is 3.64. The van der Waals surface area contributed by atoms with Crippen LogP contribution >= 0.6 is 0 Å². The van der Waals surface area contributed by atoms with Crippen LogP contribution in [0.3, 0.4) is 0 Å². The Labute approximate surface area is 122 Å². The Hall–Kier alpha value is -0.930. The van der Waals surface area contributed by atoms with E-state index in [1.807, 2.05) is 6.07 Å². The van der Waals surface area contributed by atoms with Gasteiger partial charge in [-0.2, -0.15) is 0 Å². The molecule has 3 heteroatoms. The van der Waals surface area contributed by atoms with Crippen LogP contribution in [0.25, 0.3) is 0 Å². The molecule has 1 aromatic carbocycles. The SMILES string of the molecule is CCC(C)C1CNC(C)(C)CN1Cc1cccc(F)c1. The van der Waals surface area contributed by atoms with Crippen LogP contribution in [0.15, 0.2) is 24.3 Å². The molecule has 112 valence electrons. The largest absolute Gasteiger partial charge is 0.309 e. The van der Waals surface area contributed by atoms with Crippen molar-refractivity contribution in [3.05, 3.63) is 35.6 Å². The maximum atomic E-state index is 13.4. The number of nitrogens with one attached hydrogen (secondary N) is 1. The van der Waals surface area contributed by atoms with E-state index < -0.39 is 0 Å². The summed E-state index contributed by atoms with van der Waals surface area (Å²) in [6.45, 7) is 11.9. The molecule has 2 nitrogen and oxygen atoms in total. The standard InChI is InChI=1S/C17H27FN2/c1-5-13(2)16-10-19-17(3,4)12-20(16)11-14-7-6-8-15(18)9-14/h6-9,13,16,19H,5,10-12H2,1-4H3. The molecule has 1 aromatic rings. The Morgan fingerprint density at radius 3 is 2.85 bits per heavy atom. The highest BCUT2D eigenvalue weighted by atomic mass is 19.1. The summed E-state index contributed by atoms with van der Waals surface area (Å²) < 4.78 is 13.4. The predicted octanol–water partition coefficient (Wildman–Crippen LogP) is 3.42. The summed E-state index contributed by atoms with van der Waals surface area (Å²) in [5.41, 5.74) is 1.19. The first-order chi connectivity index (χ1) is 9.41. The average molecular weight is 278 g/mol. The number of benzene rings is 1. The highest BCUT2D eigenvalue weighted by Gasteiger charge is 2.34. The molecule has 1 saturated heterocycles. The van der Waals surface area contributed by atoms with Crippen LogP contribution in [0.1, 0.15) is 39.7 Å². The molecule has 2 rings (SSSR count). The zero-order valence-corrected chi connectivity index (χ0v) is 13.1. The molecule has 1 fully saturated rings. The molecular weight excluding hydrogens is 251 g/mol. The second kappa shape index (κ2) is 6.23. The minimum absolute atomic E-state index is 0.122. The molecule has 1 heterocycles. The van der Waals surface area contributed by atoms with Crippen molar-refractivity contribution in [1.29, 1.82) is 0 Å². The Balaban J connectivity index is 2.14. The van der Waals surface area contributed by atoms with E-state index >= 15 is 0 Å². The van der Waals surface area contributed by atoms with Gasteiger partial charge < -0.3 is 5.32 Å². The summed E-state index contributed by atoms with van der Waals surface area (Å²) in [7, 11) is 0. The van der Waals surface area contributed by atoms with Gasteiger partial charge in [0.1, 0.15) is 5.82 Å². The van der Waals surface area contributed by atoms with Crippen molar-refractivity contribution in [2.75, 3.05) is 13.1 Å².